The number of aromatic nitrogens is 4. The maximum Gasteiger partial charge on any atom is 0.268 e. The molecule has 8 heteroatoms. The number of carbonyl (C=O) groups excluding carboxylic acids is 1. The van der Waals surface area contributed by atoms with Crippen molar-refractivity contribution in [3.63, 3.8) is 0 Å². The highest BCUT2D eigenvalue weighted by Gasteiger charge is 2.14. The second-order valence-corrected chi connectivity index (χ2v) is 7.13. The van der Waals surface area contributed by atoms with Crippen LogP contribution in [0.3, 0.4) is 0 Å². The van der Waals surface area contributed by atoms with Crippen LogP contribution in [0, 0.1) is 0 Å². The van der Waals surface area contributed by atoms with Crippen LogP contribution in [0.25, 0.3) is 10.2 Å². The molecule has 0 unspecified atom stereocenters. The number of fused-ring (bicyclic) bond motifs is 1. The molecule has 0 saturated heterocycles. The number of hydrogen-bond acceptors (Lipinski definition) is 5. The molecule has 0 aliphatic rings. The molecule has 0 fully saturated rings. The minimum Gasteiger partial charge on any atom is -0.334 e. The Kier molecular flexibility index (Phi) is 4.55. The molecule has 1 amide bonds. The molecular weight excluding hydrogens is 362 g/mol. The molecule has 136 valence electrons. The monoisotopic (exact) mass is 379 g/mol. The maximum atomic E-state index is 12.7. The van der Waals surface area contributed by atoms with Gasteiger partial charge in [0.15, 0.2) is 0 Å². The fraction of sp³-hybridized carbons (Fsp3) is 0.158. The van der Waals surface area contributed by atoms with E-state index >= 15 is 0 Å². The van der Waals surface area contributed by atoms with Crippen molar-refractivity contribution in [2.45, 2.75) is 13.1 Å². The summed E-state index contributed by atoms with van der Waals surface area (Å²) in [5, 5.41) is 6.00. The SMILES string of the molecule is CN(Cc1nc2ccsc2c(=O)[nH]1)C(=O)c1ccc(Cn2cccn2)cc1. The van der Waals surface area contributed by atoms with Crippen LogP contribution in [0.1, 0.15) is 21.7 Å². The zero-order valence-corrected chi connectivity index (χ0v) is 15.4. The van der Waals surface area contributed by atoms with Crippen LogP contribution < -0.4 is 5.56 Å². The van der Waals surface area contributed by atoms with Gasteiger partial charge in [-0.25, -0.2) is 4.98 Å². The van der Waals surface area contributed by atoms with Crippen molar-refractivity contribution in [2.24, 2.45) is 0 Å². The molecule has 4 aromatic rings. The van der Waals surface area contributed by atoms with E-state index in [0.29, 0.717) is 28.1 Å². The van der Waals surface area contributed by atoms with Crippen molar-refractivity contribution >= 4 is 27.5 Å². The number of thiophene rings is 1. The molecule has 1 aromatic carbocycles. The van der Waals surface area contributed by atoms with Gasteiger partial charge in [-0.2, -0.15) is 5.10 Å². The predicted octanol–water partition coefficient (Wildman–Crippen LogP) is 2.50. The molecule has 0 aliphatic carbocycles. The van der Waals surface area contributed by atoms with E-state index < -0.39 is 0 Å². The van der Waals surface area contributed by atoms with E-state index in [1.54, 1.807) is 36.3 Å². The van der Waals surface area contributed by atoms with Crippen LogP contribution in [0.4, 0.5) is 0 Å². The highest BCUT2D eigenvalue weighted by Crippen LogP contribution is 2.15. The average molecular weight is 379 g/mol. The van der Waals surface area contributed by atoms with Crippen LogP contribution in [0.5, 0.6) is 0 Å². The highest BCUT2D eigenvalue weighted by atomic mass is 32.1. The summed E-state index contributed by atoms with van der Waals surface area (Å²) in [4.78, 5) is 33.4. The number of rotatable bonds is 5. The molecule has 27 heavy (non-hydrogen) atoms. The van der Waals surface area contributed by atoms with E-state index in [1.165, 1.54) is 11.3 Å². The van der Waals surface area contributed by atoms with Gasteiger partial charge in [0.1, 0.15) is 10.5 Å². The van der Waals surface area contributed by atoms with E-state index in [0.717, 1.165) is 5.56 Å². The van der Waals surface area contributed by atoms with Gasteiger partial charge in [-0.1, -0.05) is 12.1 Å². The minimum atomic E-state index is -0.172. The number of nitrogens with zero attached hydrogens (tertiary/aromatic N) is 4. The van der Waals surface area contributed by atoms with Gasteiger partial charge in [-0.3, -0.25) is 14.3 Å². The Balaban J connectivity index is 1.47. The molecular formula is C19H17N5O2S. The first-order valence-corrected chi connectivity index (χ1v) is 9.26. The number of hydrogen-bond donors (Lipinski definition) is 1. The lowest BCUT2D eigenvalue weighted by molar-refractivity contribution is 0.0781. The van der Waals surface area contributed by atoms with Crippen LogP contribution in [0.2, 0.25) is 0 Å². The van der Waals surface area contributed by atoms with Gasteiger partial charge in [-0.15, -0.1) is 11.3 Å². The molecule has 3 heterocycles. The molecule has 1 N–H and O–H groups in total. The first-order chi connectivity index (χ1) is 13.1. The largest absolute Gasteiger partial charge is 0.334 e. The normalized spacial score (nSPS) is 11.0. The van der Waals surface area contributed by atoms with Crippen molar-refractivity contribution in [1.29, 1.82) is 0 Å². The van der Waals surface area contributed by atoms with E-state index in [9.17, 15) is 9.59 Å². The Labute approximate surface area is 158 Å². The van der Waals surface area contributed by atoms with E-state index in [2.05, 4.69) is 15.1 Å². The Morgan fingerprint density at radius 1 is 1.26 bits per heavy atom. The second kappa shape index (κ2) is 7.16. The maximum absolute atomic E-state index is 12.7. The van der Waals surface area contributed by atoms with Crippen molar-refractivity contribution < 1.29 is 4.79 Å². The Hall–Kier alpha value is -3.26. The van der Waals surface area contributed by atoms with Gasteiger partial charge in [0.05, 0.1) is 18.6 Å². The molecule has 0 aliphatic heterocycles. The van der Waals surface area contributed by atoms with Crippen LogP contribution in [-0.4, -0.2) is 37.6 Å². The van der Waals surface area contributed by atoms with Crippen molar-refractivity contribution in [1.82, 2.24) is 24.6 Å². The first kappa shape index (κ1) is 17.2. The summed E-state index contributed by atoms with van der Waals surface area (Å²) >= 11 is 1.35. The Morgan fingerprint density at radius 2 is 2.07 bits per heavy atom. The number of nitrogens with one attached hydrogen (secondary N) is 1. The van der Waals surface area contributed by atoms with Gasteiger partial charge in [-0.05, 0) is 35.2 Å². The molecule has 0 saturated carbocycles. The van der Waals surface area contributed by atoms with Gasteiger partial charge >= 0.3 is 0 Å². The summed E-state index contributed by atoms with van der Waals surface area (Å²) in [5.74, 6) is 0.339. The van der Waals surface area contributed by atoms with Gasteiger partial charge in [0.25, 0.3) is 11.5 Å². The molecule has 0 atom stereocenters. The third-order valence-corrected chi connectivity index (χ3v) is 5.10. The molecule has 0 bridgehead atoms. The lowest BCUT2D eigenvalue weighted by atomic mass is 10.1. The number of aromatic amines is 1. The Bertz CT molecular complexity index is 1130. The summed E-state index contributed by atoms with van der Waals surface area (Å²) in [7, 11) is 1.69. The zero-order valence-electron chi connectivity index (χ0n) is 14.6. The molecule has 7 nitrogen and oxygen atoms in total. The standard InChI is InChI=1S/C19H17N5O2S/c1-23(12-16-21-15-7-10-27-17(15)18(25)22-16)19(26)14-5-3-13(4-6-14)11-24-9-2-8-20-24/h2-10H,11-12H2,1H3,(H,21,22,25). The molecule has 0 radical (unpaired) electrons. The van der Waals surface area contributed by atoms with Crippen molar-refractivity contribution in [2.75, 3.05) is 7.05 Å². The van der Waals surface area contributed by atoms with E-state index in [1.807, 2.05) is 34.5 Å². The van der Waals surface area contributed by atoms with Crippen molar-refractivity contribution in [3.8, 4) is 0 Å². The second-order valence-electron chi connectivity index (χ2n) is 6.21. The van der Waals surface area contributed by atoms with Crippen molar-refractivity contribution in [3.05, 3.63) is 81.5 Å². The minimum absolute atomic E-state index is 0.131. The first-order valence-electron chi connectivity index (χ1n) is 8.38. The summed E-state index contributed by atoms with van der Waals surface area (Å²) < 4.78 is 2.42. The lowest BCUT2D eigenvalue weighted by Crippen LogP contribution is -2.28. The summed E-state index contributed by atoms with van der Waals surface area (Å²) in [5.41, 5.74) is 2.13. The van der Waals surface area contributed by atoms with Gasteiger partial charge in [0.2, 0.25) is 0 Å². The average Bonchev–Trinajstić information content (AvgIpc) is 3.33. The molecule has 3 aromatic heterocycles. The third-order valence-electron chi connectivity index (χ3n) is 4.20. The fourth-order valence-corrected chi connectivity index (χ4v) is 3.57. The summed E-state index contributed by atoms with van der Waals surface area (Å²) in [6.45, 7) is 0.887. The number of carbonyl (C=O) groups is 1. The summed E-state index contributed by atoms with van der Waals surface area (Å²) in [6, 6.07) is 11.1. The van der Waals surface area contributed by atoms with Crippen LogP contribution >= 0.6 is 11.3 Å². The van der Waals surface area contributed by atoms with Gasteiger partial charge < -0.3 is 9.88 Å². The number of amides is 1. The topological polar surface area (TPSA) is 83.9 Å². The quantitative estimate of drug-likeness (QED) is 0.577. The zero-order chi connectivity index (χ0) is 18.8. The fourth-order valence-electron chi connectivity index (χ4n) is 2.85. The summed E-state index contributed by atoms with van der Waals surface area (Å²) in [6.07, 6.45) is 3.63. The number of benzene rings is 1. The van der Waals surface area contributed by atoms with E-state index in [-0.39, 0.29) is 18.0 Å². The third kappa shape index (κ3) is 3.65. The number of H-pyrrole nitrogens is 1. The predicted molar refractivity (Wildman–Crippen MR) is 104 cm³/mol. The van der Waals surface area contributed by atoms with Crippen LogP contribution in [-0.2, 0) is 13.1 Å². The molecule has 0 spiro atoms. The van der Waals surface area contributed by atoms with E-state index in [4.69, 9.17) is 0 Å². The Morgan fingerprint density at radius 3 is 2.81 bits per heavy atom. The van der Waals surface area contributed by atoms with Crippen LogP contribution in [0.15, 0.2) is 59.0 Å². The lowest BCUT2D eigenvalue weighted by Gasteiger charge is -2.17. The van der Waals surface area contributed by atoms with Gasteiger partial charge in [0, 0.05) is 25.0 Å². The molecule has 4 rings (SSSR count). The smallest absolute Gasteiger partial charge is 0.268 e. The highest BCUT2D eigenvalue weighted by molar-refractivity contribution is 7.17.